The molecule has 26 heavy (non-hydrogen) atoms. The van der Waals surface area contributed by atoms with Crippen molar-refractivity contribution in [3.63, 3.8) is 0 Å². The maximum absolute atomic E-state index is 11.2. The highest BCUT2D eigenvalue weighted by Crippen LogP contribution is 2.33. The van der Waals surface area contributed by atoms with Crippen molar-refractivity contribution in [3.8, 4) is 11.5 Å². The molecule has 0 saturated carbocycles. The Morgan fingerprint density at radius 1 is 1.12 bits per heavy atom. The molecule has 2 aromatic carbocycles. The second-order valence-corrected chi connectivity index (χ2v) is 7.28. The van der Waals surface area contributed by atoms with Crippen molar-refractivity contribution in [2.24, 2.45) is 0 Å². The first-order valence-corrected chi connectivity index (χ1v) is 8.90. The van der Waals surface area contributed by atoms with Crippen LogP contribution in [-0.2, 0) is 5.41 Å². The van der Waals surface area contributed by atoms with Gasteiger partial charge in [-0.1, -0.05) is 38.1 Å². The summed E-state index contributed by atoms with van der Waals surface area (Å²) >= 11 is 0. The van der Waals surface area contributed by atoms with Crippen molar-refractivity contribution in [1.82, 2.24) is 4.90 Å². The second kappa shape index (κ2) is 7.28. The van der Waals surface area contributed by atoms with Gasteiger partial charge in [0, 0.05) is 12.0 Å². The van der Waals surface area contributed by atoms with Crippen molar-refractivity contribution >= 4 is 6.09 Å². The minimum atomic E-state index is -0.873. The molecule has 0 aromatic heterocycles. The quantitative estimate of drug-likeness (QED) is 0.842. The lowest BCUT2D eigenvalue weighted by molar-refractivity contribution is 0.123. The molecule has 1 aliphatic heterocycles. The Morgan fingerprint density at radius 2 is 1.69 bits per heavy atom. The first-order valence-electron chi connectivity index (χ1n) is 8.90. The van der Waals surface area contributed by atoms with Gasteiger partial charge in [0.15, 0.2) is 0 Å². The van der Waals surface area contributed by atoms with Crippen LogP contribution in [0, 0.1) is 0 Å². The molecular formula is C21H25NO4. The summed E-state index contributed by atoms with van der Waals surface area (Å²) in [5.74, 6) is 1.00. The van der Waals surface area contributed by atoms with Crippen LogP contribution in [-0.4, -0.2) is 40.4 Å². The number of rotatable bonds is 5. The van der Waals surface area contributed by atoms with Gasteiger partial charge in [-0.3, -0.25) is 0 Å². The number of ether oxygens (including phenoxy) is 1. The number of benzene rings is 2. The zero-order chi connectivity index (χ0) is 18.7. The van der Waals surface area contributed by atoms with Crippen LogP contribution >= 0.6 is 0 Å². The Morgan fingerprint density at radius 3 is 2.27 bits per heavy atom. The maximum Gasteiger partial charge on any atom is 0.407 e. The molecule has 1 amide bonds. The smallest absolute Gasteiger partial charge is 0.407 e. The molecule has 0 bridgehead atoms. The van der Waals surface area contributed by atoms with Crippen molar-refractivity contribution in [3.05, 3.63) is 59.7 Å². The molecule has 1 aliphatic rings. The topological polar surface area (TPSA) is 70.0 Å². The molecule has 2 N–H and O–H groups in total. The molecule has 0 aliphatic carbocycles. The van der Waals surface area contributed by atoms with Crippen molar-refractivity contribution in [1.29, 1.82) is 0 Å². The lowest BCUT2D eigenvalue weighted by atomic mass is 9.78. The maximum atomic E-state index is 11.2. The molecule has 1 heterocycles. The van der Waals surface area contributed by atoms with E-state index in [1.165, 1.54) is 4.90 Å². The number of amides is 1. The van der Waals surface area contributed by atoms with Gasteiger partial charge in [-0.25, -0.2) is 4.79 Å². The number of aromatic hydroxyl groups is 1. The van der Waals surface area contributed by atoms with Gasteiger partial charge < -0.3 is 19.8 Å². The summed E-state index contributed by atoms with van der Waals surface area (Å²) in [6.07, 6.45) is 0.861. The van der Waals surface area contributed by atoms with Crippen molar-refractivity contribution in [2.75, 3.05) is 13.2 Å². The first kappa shape index (κ1) is 18.1. The molecule has 0 radical (unpaired) electrons. The van der Waals surface area contributed by atoms with Gasteiger partial charge in [0.1, 0.15) is 18.1 Å². The number of hydrogen-bond donors (Lipinski definition) is 2. The normalized spacial score (nSPS) is 17.3. The Labute approximate surface area is 153 Å². The van der Waals surface area contributed by atoms with Gasteiger partial charge in [-0.15, -0.1) is 0 Å². The summed E-state index contributed by atoms with van der Waals surface area (Å²) in [7, 11) is 0. The highest BCUT2D eigenvalue weighted by Gasteiger charge is 2.29. The second-order valence-electron chi connectivity index (χ2n) is 7.28. The number of carboxylic acid groups (broad SMARTS) is 1. The van der Waals surface area contributed by atoms with Crippen LogP contribution in [0.25, 0.3) is 0 Å². The van der Waals surface area contributed by atoms with E-state index < -0.39 is 6.09 Å². The molecule has 1 fully saturated rings. The van der Waals surface area contributed by atoms with Crippen LogP contribution in [0.15, 0.2) is 48.5 Å². The average Bonchev–Trinajstić information content (AvgIpc) is 3.09. The standard InChI is InChI=1S/C21H25NO4/c1-21(2,15-5-9-18(23)10-6-15)16-7-11-19(12-8-16)26-14-17-4-3-13-22(17)20(24)25/h5-12,17,23H,3-4,13-14H2,1-2H3,(H,24,25). The lowest BCUT2D eigenvalue weighted by Crippen LogP contribution is -2.38. The third-order valence-electron chi connectivity index (χ3n) is 5.23. The fourth-order valence-electron chi connectivity index (χ4n) is 3.47. The number of nitrogens with zero attached hydrogens (tertiary/aromatic N) is 1. The number of likely N-dealkylation sites (tertiary alicyclic amines) is 1. The van der Waals surface area contributed by atoms with E-state index >= 15 is 0 Å². The van der Waals surface area contributed by atoms with Gasteiger partial charge in [0.25, 0.3) is 0 Å². The van der Waals surface area contributed by atoms with E-state index in [0.29, 0.717) is 13.2 Å². The molecular weight excluding hydrogens is 330 g/mol. The SMILES string of the molecule is CC(C)(c1ccc(O)cc1)c1ccc(OCC2CCCN2C(=O)O)cc1. The van der Waals surface area contributed by atoms with Gasteiger partial charge in [0.05, 0.1) is 6.04 Å². The highest BCUT2D eigenvalue weighted by molar-refractivity contribution is 5.65. The van der Waals surface area contributed by atoms with Crippen molar-refractivity contribution in [2.45, 2.75) is 38.1 Å². The zero-order valence-corrected chi connectivity index (χ0v) is 15.2. The Balaban J connectivity index is 1.66. The van der Waals surface area contributed by atoms with E-state index in [4.69, 9.17) is 4.74 Å². The van der Waals surface area contributed by atoms with Gasteiger partial charge in [0.2, 0.25) is 0 Å². The van der Waals surface area contributed by atoms with E-state index in [9.17, 15) is 15.0 Å². The van der Waals surface area contributed by atoms with Gasteiger partial charge >= 0.3 is 6.09 Å². The molecule has 138 valence electrons. The summed E-state index contributed by atoms with van der Waals surface area (Å²) in [5, 5.41) is 18.7. The minimum Gasteiger partial charge on any atom is -0.508 e. The third-order valence-corrected chi connectivity index (χ3v) is 5.23. The van der Waals surface area contributed by atoms with Crippen LogP contribution in [0.2, 0.25) is 0 Å². The lowest BCUT2D eigenvalue weighted by Gasteiger charge is -2.26. The van der Waals surface area contributed by atoms with Gasteiger partial charge in [-0.05, 0) is 48.2 Å². The molecule has 1 saturated heterocycles. The summed E-state index contributed by atoms with van der Waals surface area (Å²) < 4.78 is 5.82. The summed E-state index contributed by atoms with van der Waals surface area (Å²) in [6.45, 7) is 5.24. The zero-order valence-electron chi connectivity index (χ0n) is 15.2. The van der Waals surface area contributed by atoms with E-state index in [0.717, 1.165) is 29.7 Å². The monoisotopic (exact) mass is 355 g/mol. The molecule has 2 aromatic rings. The predicted octanol–water partition coefficient (Wildman–Crippen LogP) is 4.24. The number of hydrogen-bond acceptors (Lipinski definition) is 3. The fourth-order valence-corrected chi connectivity index (χ4v) is 3.47. The number of phenols is 1. The summed E-state index contributed by atoms with van der Waals surface area (Å²) in [6, 6.07) is 15.1. The largest absolute Gasteiger partial charge is 0.508 e. The van der Waals surface area contributed by atoms with E-state index in [1.807, 2.05) is 36.4 Å². The molecule has 5 heteroatoms. The number of carbonyl (C=O) groups is 1. The van der Waals surface area contributed by atoms with E-state index in [2.05, 4.69) is 13.8 Å². The molecule has 0 spiro atoms. The predicted molar refractivity (Wildman–Crippen MR) is 99.9 cm³/mol. The summed E-state index contributed by atoms with van der Waals surface area (Å²) in [5.41, 5.74) is 2.06. The molecule has 1 unspecified atom stereocenters. The third kappa shape index (κ3) is 3.77. The molecule has 1 atom stereocenters. The minimum absolute atomic E-state index is 0.0689. The Kier molecular flexibility index (Phi) is 5.07. The van der Waals surface area contributed by atoms with Crippen LogP contribution < -0.4 is 4.74 Å². The van der Waals surface area contributed by atoms with Gasteiger partial charge in [-0.2, -0.15) is 0 Å². The summed E-state index contributed by atoms with van der Waals surface area (Å²) in [4.78, 5) is 12.6. The number of phenolic OH excluding ortho intramolecular Hbond substituents is 1. The Hall–Kier alpha value is -2.69. The highest BCUT2D eigenvalue weighted by atomic mass is 16.5. The van der Waals surface area contributed by atoms with E-state index in [1.54, 1.807) is 12.1 Å². The van der Waals surface area contributed by atoms with Crippen LogP contribution in [0.3, 0.4) is 0 Å². The first-order chi connectivity index (χ1) is 12.4. The average molecular weight is 355 g/mol. The van der Waals surface area contributed by atoms with Crippen molar-refractivity contribution < 1.29 is 19.7 Å². The molecule has 3 rings (SSSR count). The van der Waals surface area contributed by atoms with Crippen LogP contribution in [0.4, 0.5) is 4.79 Å². The van der Waals surface area contributed by atoms with Crippen LogP contribution in [0.5, 0.6) is 11.5 Å². The van der Waals surface area contributed by atoms with Crippen LogP contribution in [0.1, 0.15) is 37.8 Å². The fraction of sp³-hybridized carbons (Fsp3) is 0.381. The molecule has 5 nitrogen and oxygen atoms in total. The Bertz CT molecular complexity index is 753. The van der Waals surface area contributed by atoms with E-state index in [-0.39, 0.29) is 17.2 Å².